The van der Waals surface area contributed by atoms with Gasteiger partial charge in [0.2, 0.25) is 0 Å². The van der Waals surface area contributed by atoms with Gasteiger partial charge in [-0.3, -0.25) is 0 Å². The van der Waals surface area contributed by atoms with Gasteiger partial charge in [0.1, 0.15) is 5.82 Å². The molecule has 1 aromatic rings. The van der Waals surface area contributed by atoms with Crippen LogP contribution in [0.2, 0.25) is 0 Å². The lowest BCUT2D eigenvalue weighted by molar-refractivity contribution is 0.0214. The van der Waals surface area contributed by atoms with Crippen LogP contribution >= 0.6 is 0 Å². The molecule has 5 nitrogen and oxygen atoms in total. The molecule has 2 aliphatic heterocycles. The number of halogens is 2. The first kappa shape index (κ1) is 11.9. The van der Waals surface area contributed by atoms with Crippen LogP contribution in [0.3, 0.4) is 0 Å². The molecule has 2 saturated heterocycles. The number of alkyl halides is 2. The van der Waals surface area contributed by atoms with Crippen molar-refractivity contribution >= 4 is 5.82 Å². The van der Waals surface area contributed by atoms with Crippen LogP contribution in [0.5, 0.6) is 0 Å². The fourth-order valence-corrected chi connectivity index (χ4v) is 2.36. The molecule has 18 heavy (non-hydrogen) atoms. The molecule has 1 atom stereocenters. The highest BCUT2D eigenvalue weighted by Gasteiger charge is 2.39. The van der Waals surface area contributed by atoms with E-state index in [1.807, 2.05) is 10.7 Å². The van der Waals surface area contributed by atoms with Crippen molar-refractivity contribution in [1.82, 2.24) is 20.4 Å². The van der Waals surface area contributed by atoms with E-state index in [0.717, 1.165) is 18.9 Å². The van der Waals surface area contributed by atoms with Crippen molar-refractivity contribution in [3.8, 4) is 0 Å². The van der Waals surface area contributed by atoms with Gasteiger partial charge in [-0.15, -0.1) is 0 Å². The van der Waals surface area contributed by atoms with E-state index in [2.05, 4.69) is 21.0 Å². The zero-order chi connectivity index (χ0) is 12.6. The normalized spacial score (nSPS) is 27.1. The number of anilines is 1. The van der Waals surface area contributed by atoms with E-state index in [4.69, 9.17) is 0 Å². The number of aromatic nitrogens is 2. The number of nitrogens with zero attached hydrogens (tertiary/aromatic N) is 2. The van der Waals surface area contributed by atoms with Gasteiger partial charge in [-0.05, 0) is 0 Å². The van der Waals surface area contributed by atoms with Crippen molar-refractivity contribution in [1.29, 1.82) is 0 Å². The van der Waals surface area contributed by atoms with E-state index in [0.29, 0.717) is 12.6 Å². The smallest absolute Gasteiger partial charge is 0.261 e. The van der Waals surface area contributed by atoms with Crippen LogP contribution in [0, 0.1) is 0 Å². The first-order valence-corrected chi connectivity index (χ1v) is 6.23. The Morgan fingerprint density at radius 3 is 2.94 bits per heavy atom. The van der Waals surface area contributed by atoms with Crippen LogP contribution in [0.1, 0.15) is 12.5 Å². The molecule has 0 unspecified atom stereocenters. The Morgan fingerprint density at radius 1 is 1.50 bits per heavy atom. The van der Waals surface area contributed by atoms with Gasteiger partial charge in [-0.2, -0.15) is 5.10 Å². The lowest BCUT2D eigenvalue weighted by atomic mass is 10.2. The van der Waals surface area contributed by atoms with Crippen molar-refractivity contribution in [3.63, 3.8) is 0 Å². The Bertz CT molecular complexity index is 415. The fourth-order valence-electron chi connectivity index (χ4n) is 2.36. The third kappa shape index (κ3) is 2.32. The van der Waals surface area contributed by atoms with Crippen LogP contribution in [-0.2, 0) is 0 Å². The molecule has 0 aliphatic carbocycles. The van der Waals surface area contributed by atoms with Crippen LogP contribution in [0.4, 0.5) is 14.6 Å². The topological polar surface area (TPSA) is 53.9 Å². The molecule has 0 saturated carbocycles. The maximum atomic E-state index is 13.0. The minimum Gasteiger partial charge on any atom is -0.369 e. The summed E-state index contributed by atoms with van der Waals surface area (Å²) in [6, 6.07) is 2.08. The van der Waals surface area contributed by atoms with Gasteiger partial charge >= 0.3 is 0 Å². The van der Waals surface area contributed by atoms with Crippen molar-refractivity contribution in [2.75, 3.05) is 31.5 Å². The number of hydrogen-bond donors (Lipinski definition) is 3. The van der Waals surface area contributed by atoms with Crippen molar-refractivity contribution < 1.29 is 8.78 Å². The highest BCUT2D eigenvalue weighted by Crippen LogP contribution is 2.25. The Balaban J connectivity index is 1.55. The Hall–Kier alpha value is -1.21. The standard InChI is InChI=1S/C11H17F2N5/c12-11(13)3-8(16-7-11)4-15-10-1-2-17-18(10)9-5-14-6-9/h1-2,8-9,14-16H,3-7H2/t8-/m0/s1. The third-order valence-electron chi connectivity index (χ3n) is 3.50. The average Bonchev–Trinajstić information content (AvgIpc) is 2.80. The van der Waals surface area contributed by atoms with Crippen molar-refractivity contribution in [3.05, 3.63) is 12.3 Å². The largest absolute Gasteiger partial charge is 0.369 e. The van der Waals surface area contributed by atoms with E-state index >= 15 is 0 Å². The van der Waals surface area contributed by atoms with Crippen LogP contribution < -0.4 is 16.0 Å². The van der Waals surface area contributed by atoms with E-state index in [-0.39, 0.29) is 19.0 Å². The van der Waals surface area contributed by atoms with Gasteiger partial charge in [0.05, 0.1) is 18.8 Å². The first-order chi connectivity index (χ1) is 8.64. The molecule has 3 N–H and O–H groups in total. The summed E-state index contributed by atoms with van der Waals surface area (Å²) in [5, 5.41) is 13.5. The van der Waals surface area contributed by atoms with E-state index in [9.17, 15) is 8.78 Å². The maximum absolute atomic E-state index is 13.0. The molecule has 1 aromatic heterocycles. The predicted octanol–water partition coefficient (Wildman–Crippen LogP) is 0.436. The molecule has 3 rings (SSSR count). The first-order valence-electron chi connectivity index (χ1n) is 6.23. The number of hydrogen-bond acceptors (Lipinski definition) is 4. The molecule has 0 aromatic carbocycles. The summed E-state index contributed by atoms with van der Waals surface area (Å²) in [5.41, 5.74) is 0. The second kappa shape index (κ2) is 4.47. The fraction of sp³-hybridized carbons (Fsp3) is 0.727. The van der Waals surface area contributed by atoms with Gasteiger partial charge < -0.3 is 16.0 Å². The molecule has 3 heterocycles. The zero-order valence-electron chi connectivity index (χ0n) is 10.00. The quantitative estimate of drug-likeness (QED) is 0.732. The van der Waals surface area contributed by atoms with Gasteiger partial charge in [-0.25, -0.2) is 13.5 Å². The van der Waals surface area contributed by atoms with Crippen molar-refractivity contribution in [2.24, 2.45) is 0 Å². The van der Waals surface area contributed by atoms with Crippen LogP contribution in [0.15, 0.2) is 12.3 Å². The SMILES string of the molecule is FC1(F)CN[C@H](CNc2ccnn2C2CNC2)C1. The Labute approximate surface area is 104 Å². The summed E-state index contributed by atoms with van der Waals surface area (Å²) in [4.78, 5) is 0. The summed E-state index contributed by atoms with van der Waals surface area (Å²) in [7, 11) is 0. The molecule has 0 amide bonds. The number of nitrogens with one attached hydrogen (secondary N) is 3. The summed E-state index contributed by atoms with van der Waals surface area (Å²) in [6.45, 7) is 2.11. The molecule has 0 bridgehead atoms. The Morgan fingerprint density at radius 2 is 2.33 bits per heavy atom. The molecular formula is C11H17F2N5. The maximum Gasteiger partial charge on any atom is 0.261 e. The lowest BCUT2D eigenvalue weighted by Crippen LogP contribution is -2.44. The Kier molecular flexibility index (Phi) is 2.95. The molecule has 2 aliphatic rings. The van der Waals surface area contributed by atoms with Gasteiger partial charge in [-0.1, -0.05) is 0 Å². The summed E-state index contributed by atoms with van der Waals surface area (Å²) in [6.07, 6.45) is 1.64. The molecule has 0 spiro atoms. The third-order valence-corrected chi connectivity index (χ3v) is 3.50. The van der Waals surface area contributed by atoms with E-state index < -0.39 is 5.92 Å². The summed E-state index contributed by atoms with van der Waals surface area (Å²) < 4.78 is 28.0. The van der Waals surface area contributed by atoms with Gasteiger partial charge in [0, 0.05) is 38.2 Å². The zero-order valence-corrected chi connectivity index (χ0v) is 10.00. The molecule has 100 valence electrons. The van der Waals surface area contributed by atoms with Crippen LogP contribution in [-0.4, -0.2) is 47.9 Å². The summed E-state index contributed by atoms with van der Waals surface area (Å²) in [5.74, 6) is -1.66. The molecule has 2 fully saturated rings. The highest BCUT2D eigenvalue weighted by molar-refractivity contribution is 5.35. The molecular weight excluding hydrogens is 240 g/mol. The minimum absolute atomic E-state index is 0.0981. The number of rotatable bonds is 4. The lowest BCUT2D eigenvalue weighted by Gasteiger charge is -2.29. The summed E-state index contributed by atoms with van der Waals surface area (Å²) >= 11 is 0. The van der Waals surface area contributed by atoms with Gasteiger partial charge in [0.25, 0.3) is 5.92 Å². The van der Waals surface area contributed by atoms with E-state index in [1.165, 1.54) is 0 Å². The van der Waals surface area contributed by atoms with Gasteiger partial charge in [0.15, 0.2) is 0 Å². The average molecular weight is 257 g/mol. The monoisotopic (exact) mass is 257 g/mol. The highest BCUT2D eigenvalue weighted by atomic mass is 19.3. The van der Waals surface area contributed by atoms with Crippen molar-refractivity contribution in [2.45, 2.75) is 24.4 Å². The van der Waals surface area contributed by atoms with Crippen LogP contribution in [0.25, 0.3) is 0 Å². The molecule has 0 radical (unpaired) electrons. The predicted molar refractivity (Wildman–Crippen MR) is 64.0 cm³/mol. The van der Waals surface area contributed by atoms with E-state index in [1.54, 1.807) is 6.20 Å². The second-order valence-corrected chi connectivity index (χ2v) is 4.99. The molecule has 7 heteroatoms. The minimum atomic E-state index is -2.56. The second-order valence-electron chi connectivity index (χ2n) is 4.99.